The maximum Gasteiger partial charge on any atom is 0.338 e. The third-order valence-electron chi connectivity index (χ3n) is 4.72. The van der Waals surface area contributed by atoms with Gasteiger partial charge in [-0.05, 0) is 49.7 Å². The molecule has 1 atom stereocenters. The second-order valence-electron chi connectivity index (χ2n) is 7.09. The number of nitrogens with zero attached hydrogens (tertiary/aromatic N) is 1. The molecule has 1 heterocycles. The Morgan fingerprint density at radius 1 is 1.10 bits per heavy atom. The van der Waals surface area contributed by atoms with Crippen molar-refractivity contribution < 1.29 is 23.9 Å². The van der Waals surface area contributed by atoms with Crippen molar-refractivity contribution in [1.29, 1.82) is 0 Å². The number of esters is 1. The molecule has 8 heteroatoms. The molecule has 1 aliphatic rings. The number of fused-ring (bicyclic) bond motifs is 1. The number of nitrogens with one attached hydrogen (secondary N) is 2. The number of para-hydroxylation sites is 2. The van der Waals surface area contributed by atoms with Crippen molar-refractivity contribution >= 4 is 29.2 Å². The van der Waals surface area contributed by atoms with Crippen LogP contribution in [0.3, 0.4) is 0 Å². The smallest absolute Gasteiger partial charge is 0.338 e. The number of rotatable bonds is 8. The summed E-state index contributed by atoms with van der Waals surface area (Å²) in [7, 11) is 0. The third-order valence-corrected chi connectivity index (χ3v) is 4.72. The number of ether oxygens (including phenoxy) is 2. The van der Waals surface area contributed by atoms with E-state index in [0.29, 0.717) is 30.2 Å². The Morgan fingerprint density at radius 2 is 1.84 bits per heavy atom. The molecule has 2 N–H and O–H groups in total. The van der Waals surface area contributed by atoms with Gasteiger partial charge in [-0.3, -0.25) is 9.59 Å². The molecule has 2 amide bonds. The Hall–Kier alpha value is -3.55. The summed E-state index contributed by atoms with van der Waals surface area (Å²) in [5.41, 5.74) is 1.74. The molecule has 31 heavy (non-hydrogen) atoms. The van der Waals surface area contributed by atoms with E-state index in [2.05, 4.69) is 10.6 Å². The first kappa shape index (κ1) is 22.1. The molecule has 2 aromatic carbocycles. The lowest BCUT2D eigenvalue weighted by molar-refractivity contribution is -0.128. The van der Waals surface area contributed by atoms with Gasteiger partial charge in [0.15, 0.2) is 6.10 Å². The molecule has 0 saturated carbocycles. The molecule has 0 unspecified atom stereocenters. The van der Waals surface area contributed by atoms with Crippen LogP contribution >= 0.6 is 0 Å². The third kappa shape index (κ3) is 5.75. The number of carbonyl (C=O) groups excluding carboxylic acids is 3. The molecular weight excluding hydrogens is 398 g/mol. The first-order chi connectivity index (χ1) is 15.0. The lowest BCUT2D eigenvalue weighted by Gasteiger charge is -2.35. The summed E-state index contributed by atoms with van der Waals surface area (Å²) in [6.07, 6.45) is 0.133. The van der Waals surface area contributed by atoms with Gasteiger partial charge in [0.25, 0.3) is 5.91 Å². The van der Waals surface area contributed by atoms with Gasteiger partial charge >= 0.3 is 5.97 Å². The predicted octanol–water partition coefficient (Wildman–Crippen LogP) is 2.60. The van der Waals surface area contributed by atoms with Crippen molar-refractivity contribution in [2.75, 3.05) is 36.5 Å². The van der Waals surface area contributed by atoms with Crippen LogP contribution in [0.1, 0.15) is 30.6 Å². The summed E-state index contributed by atoms with van der Waals surface area (Å²) in [5, 5.41) is 5.66. The van der Waals surface area contributed by atoms with E-state index in [4.69, 9.17) is 9.47 Å². The van der Waals surface area contributed by atoms with Crippen LogP contribution in [-0.4, -0.2) is 50.1 Å². The van der Waals surface area contributed by atoms with E-state index in [0.717, 1.165) is 12.1 Å². The lowest BCUT2D eigenvalue weighted by Crippen LogP contribution is -2.50. The van der Waals surface area contributed by atoms with Gasteiger partial charge in [0.1, 0.15) is 5.75 Å². The predicted molar refractivity (Wildman–Crippen MR) is 117 cm³/mol. The van der Waals surface area contributed by atoms with E-state index in [1.54, 1.807) is 37.3 Å². The maximum atomic E-state index is 12.7. The fourth-order valence-electron chi connectivity index (χ4n) is 3.23. The van der Waals surface area contributed by atoms with Crippen LogP contribution < -0.4 is 20.3 Å². The zero-order valence-corrected chi connectivity index (χ0v) is 17.7. The minimum absolute atomic E-state index is 0.0531. The summed E-state index contributed by atoms with van der Waals surface area (Å²) >= 11 is 0. The molecule has 164 valence electrons. The minimum atomic E-state index is -0.696. The monoisotopic (exact) mass is 425 g/mol. The average molecular weight is 425 g/mol. The van der Waals surface area contributed by atoms with Gasteiger partial charge in [0.2, 0.25) is 5.91 Å². The largest absolute Gasteiger partial charge is 0.477 e. The number of hydrogen-bond donors (Lipinski definition) is 2. The topological polar surface area (TPSA) is 97.0 Å². The Balaban J connectivity index is 1.66. The number of benzene rings is 2. The molecule has 2 aromatic rings. The van der Waals surface area contributed by atoms with Crippen molar-refractivity contribution in [3.05, 3.63) is 54.1 Å². The van der Waals surface area contributed by atoms with E-state index in [-0.39, 0.29) is 24.9 Å². The highest BCUT2D eigenvalue weighted by Gasteiger charge is 2.31. The van der Waals surface area contributed by atoms with Crippen LogP contribution in [0.4, 0.5) is 11.4 Å². The molecule has 8 nitrogen and oxygen atoms in total. The Bertz CT molecular complexity index is 929. The Labute approximate surface area is 181 Å². The van der Waals surface area contributed by atoms with Gasteiger partial charge in [0.05, 0.1) is 30.9 Å². The quantitative estimate of drug-likeness (QED) is 0.631. The van der Waals surface area contributed by atoms with Crippen LogP contribution in [0.2, 0.25) is 0 Å². The summed E-state index contributed by atoms with van der Waals surface area (Å²) < 4.78 is 10.8. The van der Waals surface area contributed by atoms with Gasteiger partial charge < -0.3 is 25.0 Å². The van der Waals surface area contributed by atoms with Crippen LogP contribution in [0.5, 0.6) is 5.75 Å². The van der Waals surface area contributed by atoms with Crippen molar-refractivity contribution in [3.8, 4) is 5.75 Å². The summed E-state index contributed by atoms with van der Waals surface area (Å²) in [6, 6.07) is 13.8. The first-order valence-electron chi connectivity index (χ1n) is 10.4. The number of anilines is 2. The van der Waals surface area contributed by atoms with Gasteiger partial charge in [0, 0.05) is 12.2 Å². The highest BCUT2D eigenvalue weighted by atomic mass is 16.5. The molecular formula is C23H27N3O5. The molecule has 0 bridgehead atoms. The normalized spacial score (nSPS) is 14.8. The van der Waals surface area contributed by atoms with E-state index in [1.165, 1.54) is 0 Å². The molecule has 0 aliphatic carbocycles. The maximum absolute atomic E-state index is 12.7. The zero-order valence-electron chi connectivity index (χ0n) is 17.7. The summed E-state index contributed by atoms with van der Waals surface area (Å²) in [4.78, 5) is 38.7. The van der Waals surface area contributed by atoms with Crippen LogP contribution in [0.25, 0.3) is 0 Å². The van der Waals surface area contributed by atoms with Crippen molar-refractivity contribution in [2.45, 2.75) is 26.4 Å². The summed E-state index contributed by atoms with van der Waals surface area (Å²) in [6.45, 7) is 4.92. The molecule has 0 spiro atoms. The van der Waals surface area contributed by atoms with E-state index in [1.807, 2.05) is 30.0 Å². The lowest BCUT2D eigenvalue weighted by atomic mass is 10.1. The minimum Gasteiger partial charge on any atom is -0.477 e. The van der Waals surface area contributed by atoms with Crippen molar-refractivity contribution in [1.82, 2.24) is 5.32 Å². The molecule has 0 radical (unpaired) electrons. The van der Waals surface area contributed by atoms with Crippen molar-refractivity contribution in [2.24, 2.45) is 0 Å². The van der Waals surface area contributed by atoms with Crippen LogP contribution in [0, 0.1) is 0 Å². The van der Waals surface area contributed by atoms with E-state index in [9.17, 15) is 14.4 Å². The molecule has 3 rings (SSSR count). The Morgan fingerprint density at radius 3 is 2.55 bits per heavy atom. The van der Waals surface area contributed by atoms with E-state index >= 15 is 0 Å². The van der Waals surface area contributed by atoms with Gasteiger partial charge in [-0.1, -0.05) is 19.1 Å². The van der Waals surface area contributed by atoms with Gasteiger partial charge in [-0.15, -0.1) is 0 Å². The average Bonchev–Trinajstić information content (AvgIpc) is 2.78. The molecule has 0 saturated heterocycles. The standard InChI is InChI=1S/C23H27N3O5/c1-3-13-24-22(28)20-14-26(18-7-5-6-8-19(18)31-20)15-21(27)25-17-11-9-16(10-12-17)23(29)30-4-2/h5-12,20H,3-4,13-15H2,1-2H3,(H,24,28)(H,25,27)/t20-/m0/s1. The zero-order chi connectivity index (χ0) is 22.2. The number of amides is 2. The van der Waals surface area contributed by atoms with Crippen LogP contribution in [-0.2, 0) is 14.3 Å². The fraction of sp³-hybridized carbons (Fsp3) is 0.348. The molecule has 0 fully saturated rings. The fourth-order valence-corrected chi connectivity index (χ4v) is 3.23. The second kappa shape index (κ2) is 10.5. The molecule has 1 aliphatic heterocycles. The van der Waals surface area contributed by atoms with Gasteiger partial charge in [-0.25, -0.2) is 4.79 Å². The first-order valence-corrected chi connectivity index (χ1v) is 10.4. The summed E-state index contributed by atoms with van der Waals surface area (Å²) in [5.74, 6) is -0.278. The molecule has 0 aromatic heterocycles. The van der Waals surface area contributed by atoms with Crippen molar-refractivity contribution in [3.63, 3.8) is 0 Å². The highest BCUT2D eigenvalue weighted by Crippen LogP contribution is 2.33. The van der Waals surface area contributed by atoms with E-state index < -0.39 is 12.1 Å². The second-order valence-corrected chi connectivity index (χ2v) is 7.09. The number of carbonyl (C=O) groups is 3. The SMILES string of the molecule is CCCNC(=O)[C@@H]1CN(CC(=O)Nc2ccc(C(=O)OCC)cc2)c2ccccc2O1. The highest BCUT2D eigenvalue weighted by molar-refractivity contribution is 5.96. The van der Waals surface area contributed by atoms with Crippen LogP contribution in [0.15, 0.2) is 48.5 Å². The number of hydrogen-bond acceptors (Lipinski definition) is 6. The Kier molecular flexibility index (Phi) is 7.48. The van der Waals surface area contributed by atoms with Gasteiger partial charge in [-0.2, -0.15) is 0 Å².